The maximum Gasteiger partial charge on any atom is 2.00 e. The van der Waals surface area contributed by atoms with Gasteiger partial charge in [-0.25, -0.2) is 19.9 Å². The Hall–Kier alpha value is -1.38. The average molecular weight is 463 g/mol. The molecule has 2 rings (SSSR count). The van der Waals surface area contributed by atoms with Gasteiger partial charge >= 0.3 is 69.6 Å². The normalized spacial score (nSPS) is 5.24. The van der Waals surface area contributed by atoms with E-state index in [4.69, 9.17) is 10.5 Å². The first-order chi connectivity index (χ1) is 8.83. The summed E-state index contributed by atoms with van der Waals surface area (Å²) < 4.78 is 0. The van der Waals surface area contributed by atoms with E-state index in [1.807, 2.05) is 0 Å². The Kier molecular flexibility index (Phi) is 55.0. The second kappa shape index (κ2) is 36.3. The molecule has 21 heavy (non-hydrogen) atoms. The molecule has 0 saturated heterocycles. The minimum Gasteiger partial charge on any atom is -0.457 e. The van der Waals surface area contributed by atoms with Gasteiger partial charge in [-0.3, -0.25) is 0 Å². The van der Waals surface area contributed by atoms with E-state index in [0.29, 0.717) is 0 Å². The van der Waals surface area contributed by atoms with Gasteiger partial charge in [-0.1, -0.05) is 0 Å². The first kappa shape index (κ1) is 31.8. The Morgan fingerprint density at radius 1 is 0.667 bits per heavy atom. The second-order valence-corrected chi connectivity index (χ2v) is 2.76. The Labute approximate surface area is 149 Å². The molecule has 0 unspecified atom stereocenters. The predicted octanol–water partition coefficient (Wildman–Crippen LogP) is -1.62. The van der Waals surface area contributed by atoms with Crippen LogP contribution in [0.2, 0.25) is 0 Å². The van der Waals surface area contributed by atoms with Crippen LogP contribution in [0, 0.1) is 20.5 Å². The van der Waals surface area contributed by atoms with Crippen LogP contribution in [-0.2, 0) is 28.0 Å². The molecule has 0 fully saturated rings. The van der Waals surface area contributed by atoms with E-state index in [1.165, 1.54) is 12.7 Å². The van der Waals surface area contributed by atoms with Crippen molar-refractivity contribution < 1.29 is 28.0 Å². The van der Waals surface area contributed by atoms with Gasteiger partial charge in [0.2, 0.25) is 0 Å². The van der Waals surface area contributed by atoms with Crippen molar-refractivity contribution in [3.8, 4) is 9.94 Å². The van der Waals surface area contributed by atoms with Crippen LogP contribution in [0.15, 0.2) is 49.6 Å². The van der Waals surface area contributed by atoms with E-state index in [9.17, 15) is 0 Å². The van der Waals surface area contributed by atoms with Gasteiger partial charge < -0.3 is 11.0 Å². The topological polar surface area (TPSA) is 165 Å². The van der Waals surface area contributed by atoms with Crippen LogP contribution in [0.5, 0.6) is 0 Å². The molecule has 113 valence electrons. The number of hydrogen-bond acceptors (Lipinski definition) is 6. The fourth-order valence-corrected chi connectivity index (χ4v) is 0.507. The second-order valence-electron chi connectivity index (χ2n) is 1.99. The molecular weight excluding hydrogens is 449 g/mol. The summed E-state index contributed by atoms with van der Waals surface area (Å²) >= 11 is 4.22. The Balaban J connectivity index is -0.0000000545. The number of rotatable bonds is 0. The van der Waals surface area contributed by atoms with Crippen molar-refractivity contribution in [2.45, 2.75) is 0 Å². The number of aromatic nitrogens is 4. The largest absolute Gasteiger partial charge is 2.00 e. The minimum absolute atomic E-state index is 0. The Morgan fingerprint density at radius 2 is 0.857 bits per heavy atom. The number of nitrogens with zero attached hydrogens (tertiary/aromatic N) is 6. The van der Waals surface area contributed by atoms with E-state index >= 15 is 0 Å². The van der Waals surface area contributed by atoms with E-state index in [0.717, 1.165) is 0 Å². The van der Waals surface area contributed by atoms with Crippen LogP contribution >= 0.6 is 0 Å². The molecule has 0 bridgehead atoms. The molecular formula is C10H14MnN6O2Se2+2. The first-order valence-electron chi connectivity index (χ1n) is 4.25. The van der Waals surface area contributed by atoms with Gasteiger partial charge in [0.1, 0.15) is 12.7 Å². The van der Waals surface area contributed by atoms with Crippen molar-refractivity contribution in [2.24, 2.45) is 0 Å². The van der Waals surface area contributed by atoms with Gasteiger partial charge in [-0.15, -0.1) is 0 Å². The molecule has 2 aromatic rings. The summed E-state index contributed by atoms with van der Waals surface area (Å²) in [5.41, 5.74) is 0. The molecule has 0 spiro atoms. The maximum absolute atomic E-state index is 7.26. The smallest absolute Gasteiger partial charge is 0.457 e. The molecule has 2 heterocycles. The molecule has 0 amide bonds. The Morgan fingerprint density at radius 3 is 0.905 bits per heavy atom. The molecule has 8 nitrogen and oxygen atoms in total. The molecule has 0 atom stereocenters. The van der Waals surface area contributed by atoms with E-state index in [1.54, 1.807) is 46.9 Å². The number of nitriles is 2. The van der Waals surface area contributed by atoms with Crippen LogP contribution in [0.3, 0.4) is 0 Å². The van der Waals surface area contributed by atoms with Crippen LogP contribution in [-0.4, -0.2) is 52.0 Å². The van der Waals surface area contributed by atoms with Crippen molar-refractivity contribution in [3.63, 3.8) is 0 Å². The third-order valence-electron chi connectivity index (χ3n) is 0.955. The van der Waals surface area contributed by atoms with Gasteiger partial charge in [0.15, 0.2) is 0 Å². The van der Waals surface area contributed by atoms with E-state index < -0.39 is 0 Å². The molecule has 0 aliphatic heterocycles. The summed E-state index contributed by atoms with van der Waals surface area (Å²) in [7, 11) is 0. The first-order valence-corrected chi connectivity index (χ1v) is 5.97. The summed E-state index contributed by atoms with van der Waals surface area (Å²) in [4.78, 5) is 17.9. The summed E-state index contributed by atoms with van der Waals surface area (Å²) in [6.45, 7) is 0. The van der Waals surface area contributed by atoms with Crippen LogP contribution in [0.25, 0.3) is 0 Å². The number of hydrogen-bond donors (Lipinski definition) is 0. The average Bonchev–Trinajstić information content (AvgIpc) is 2.45. The summed E-state index contributed by atoms with van der Waals surface area (Å²) in [5, 5.41) is 14.5. The summed E-state index contributed by atoms with van der Waals surface area (Å²) in [5.74, 6) is 0. The van der Waals surface area contributed by atoms with Crippen LogP contribution < -0.4 is 0 Å². The molecule has 1 radical (unpaired) electrons. The molecule has 2 aromatic heterocycles. The van der Waals surface area contributed by atoms with Gasteiger partial charge in [-0.2, -0.15) is 0 Å². The van der Waals surface area contributed by atoms with Gasteiger partial charge in [0.05, 0.1) is 0 Å². The molecule has 0 saturated carbocycles. The molecule has 6 N–H and O–H groups in total. The molecule has 0 aromatic carbocycles. The van der Waals surface area contributed by atoms with Crippen LogP contribution in [0.4, 0.5) is 0 Å². The van der Waals surface area contributed by atoms with Gasteiger partial charge in [0.25, 0.3) is 0 Å². The fourth-order valence-electron chi connectivity index (χ4n) is 0.507. The van der Waals surface area contributed by atoms with Crippen molar-refractivity contribution in [3.05, 3.63) is 49.6 Å². The third kappa shape index (κ3) is 45.6. The van der Waals surface area contributed by atoms with Gasteiger partial charge in [-0.05, 0) is 12.1 Å². The monoisotopic (exact) mass is 465 g/mol. The molecule has 0 aliphatic carbocycles. The molecule has 0 aliphatic rings. The third-order valence-corrected chi connectivity index (χ3v) is 0.955. The quantitative estimate of drug-likeness (QED) is 0.337. The van der Waals surface area contributed by atoms with E-state index in [-0.39, 0.29) is 28.0 Å². The van der Waals surface area contributed by atoms with Crippen LogP contribution in [0.1, 0.15) is 0 Å². The van der Waals surface area contributed by atoms with Gasteiger partial charge in [0, 0.05) is 24.8 Å². The molecule has 11 heteroatoms. The summed E-state index contributed by atoms with van der Waals surface area (Å²) in [6, 6.07) is 3.56. The van der Waals surface area contributed by atoms with Crippen molar-refractivity contribution in [1.82, 2.24) is 19.9 Å². The van der Waals surface area contributed by atoms with Crippen molar-refractivity contribution in [2.75, 3.05) is 0 Å². The predicted molar refractivity (Wildman–Crippen MR) is 76.5 cm³/mol. The van der Waals surface area contributed by atoms with Crippen molar-refractivity contribution in [1.29, 1.82) is 10.5 Å². The SMILES string of the molecule is N#C[Se-].N#C[Se-].[Mn+2].[OH3+].[OH3+].c1cncnc1.c1cncnc1. The minimum atomic E-state index is 0. The summed E-state index contributed by atoms with van der Waals surface area (Å²) in [6.07, 6.45) is 9.75. The zero-order chi connectivity index (χ0) is 13.9. The Bertz CT molecular complexity index is 344. The zero-order valence-electron chi connectivity index (χ0n) is 10.7. The zero-order valence-corrected chi connectivity index (χ0v) is 15.3. The van der Waals surface area contributed by atoms with E-state index in [2.05, 4.69) is 52.0 Å². The van der Waals surface area contributed by atoms with Crippen molar-refractivity contribution >= 4 is 32.0 Å². The standard InChI is InChI=1S/2C4H4N2.2CHNSe.Mn.2H2O/c2*1-2-5-4-6-3-1;2*2-1-3;;;/h2*1-4H;2*3H;;2*1H2/q;;;;+2;;. The fraction of sp³-hybridized carbons (Fsp3) is 0. The maximum atomic E-state index is 7.26.